The number of aryl methyl sites for hydroxylation is 1. The van der Waals surface area contributed by atoms with E-state index in [1.54, 1.807) is 11.7 Å². The number of nitrogens with one attached hydrogen (secondary N) is 1. The predicted octanol–water partition coefficient (Wildman–Crippen LogP) is 3.78. The van der Waals surface area contributed by atoms with Gasteiger partial charge in [0.25, 0.3) is 5.91 Å². The van der Waals surface area contributed by atoms with E-state index in [4.69, 9.17) is 10.5 Å². The highest BCUT2D eigenvalue weighted by atomic mass is 32.1. The Bertz CT molecular complexity index is 1090. The highest BCUT2D eigenvalue weighted by Gasteiger charge is 2.26. The Kier molecular flexibility index (Phi) is 6.08. The maximum atomic E-state index is 14.0. The topological polar surface area (TPSA) is 95.1 Å². The molecule has 3 heterocycles. The number of ether oxygens (including phenoxy) is 1. The van der Waals surface area contributed by atoms with Crippen LogP contribution in [-0.4, -0.2) is 33.3 Å². The van der Waals surface area contributed by atoms with Gasteiger partial charge in [0.05, 0.1) is 23.1 Å². The molecule has 164 valence electrons. The van der Waals surface area contributed by atoms with Gasteiger partial charge in [0, 0.05) is 37.2 Å². The summed E-state index contributed by atoms with van der Waals surface area (Å²) in [7, 11) is 1.75. The quantitative estimate of drug-likeness (QED) is 0.630. The molecule has 0 radical (unpaired) electrons. The second kappa shape index (κ2) is 8.77. The lowest BCUT2D eigenvalue weighted by molar-refractivity contribution is 0.0529. The number of nitrogens with two attached hydrogens (primary N) is 1. The molecule has 0 bridgehead atoms. The first-order chi connectivity index (χ1) is 14.8. The second-order valence-corrected chi connectivity index (χ2v) is 8.15. The molecule has 3 N–H and O–H groups in total. The van der Waals surface area contributed by atoms with Crippen LogP contribution in [0, 0.1) is 17.5 Å². The van der Waals surface area contributed by atoms with E-state index in [0.717, 1.165) is 24.2 Å². The lowest BCUT2D eigenvalue weighted by atomic mass is 10.1. The monoisotopic (exact) mass is 451 g/mol. The van der Waals surface area contributed by atoms with Gasteiger partial charge in [-0.25, -0.2) is 18.2 Å². The lowest BCUT2D eigenvalue weighted by Crippen LogP contribution is -2.19. The summed E-state index contributed by atoms with van der Waals surface area (Å²) in [5.41, 5.74) is 6.67. The summed E-state index contributed by atoms with van der Waals surface area (Å²) in [6.07, 6.45) is 3.47. The number of carbonyl (C=O) groups excluding carboxylic acids is 1. The van der Waals surface area contributed by atoms with Crippen LogP contribution in [0.4, 0.5) is 18.9 Å². The number of benzene rings is 1. The van der Waals surface area contributed by atoms with Gasteiger partial charge in [-0.05, 0) is 19.3 Å². The maximum absolute atomic E-state index is 14.0. The minimum absolute atomic E-state index is 0.0262. The number of nitrogens with zero attached hydrogens (tertiary/aromatic N) is 3. The van der Waals surface area contributed by atoms with Crippen LogP contribution in [0.3, 0.4) is 0 Å². The van der Waals surface area contributed by atoms with Gasteiger partial charge in [0.15, 0.2) is 0 Å². The fourth-order valence-electron chi connectivity index (χ4n) is 3.52. The van der Waals surface area contributed by atoms with Crippen LogP contribution in [0.25, 0.3) is 10.6 Å². The van der Waals surface area contributed by atoms with Crippen LogP contribution in [0.15, 0.2) is 23.7 Å². The summed E-state index contributed by atoms with van der Waals surface area (Å²) >= 11 is 0.882. The molecule has 1 aliphatic rings. The third-order valence-electron chi connectivity index (χ3n) is 5.10. The van der Waals surface area contributed by atoms with Crippen molar-refractivity contribution in [1.29, 1.82) is 0 Å². The molecule has 1 saturated heterocycles. The van der Waals surface area contributed by atoms with E-state index in [0.29, 0.717) is 36.5 Å². The van der Waals surface area contributed by atoms with Crippen molar-refractivity contribution in [2.24, 2.45) is 12.8 Å². The molecule has 2 aromatic heterocycles. The van der Waals surface area contributed by atoms with E-state index in [9.17, 15) is 18.0 Å². The van der Waals surface area contributed by atoms with Crippen LogP contribution < -0.4 is 11.1 Å². The number of hydrogen-bond donors (Lipinski definition) is 2. The van der Waals surface area contributed by atoms with Crippen LogP contribution in [-0.2, 0) is 11.8 Å². The van der Waals surface area contributed by atoms with Gasteiger partial charge in [0.1, 0.15) is 34.3 Å². The van der Waals surface area contributed by atoms with Gasteiger partial charge in [0.2, 0.25) is 0 Å². The number of thiazole rings is 1. The fraction of sp³-hybridized carbons (Fsp3) is 0.350. The Labute approximate surface area is 180 Å². The molecule has 0 spiro atoms. The van der Waals surface area contributed by atoms with Crippen molar-refractivity contribution in [1.82, 2.24) is 14.8 Å². The molecular weight excluding hydrogens is 431 g/mol. The van der Waals surface area contributed by atoms with Gasteiger partial charge >= 0.3 is 0 Å². The van der Waals surface area contributed by atoms with Gasteiger partial charge in [-0.3, -0.25) is 9.48 Å². The van der Waals surface area contributed by atoms with Gasteiger partial charge in [-0.2, -0.15) is 5.10 Å². The van der Waals surface area contributed by atoms with E-state index >= 15 is 0 Å². The largest absolute Gasteiger partial charge is 0.372 e. The average Bonchev–Trinajstić information content (AvgIpc) is 3.25. The summed E-state index contributed by atoms with van der Waals surface area (Å²) in [6.45, 7) is 0.509. The van der Waals surface area contributed by atoms with Crippen molar-refractivity contribution in [3.63, 3.8) is 0 Å². The lowest BCUT2D eigenvalue weighted by Gasteiger charge is -2.17. The van der Waals surface area contributed by atoms with Crippen molar-refractivity contribution in [3.05, 3.63) is 52.5 Å². The van der Waals surface area contributed by atoms with Crippen molar-refractivity contribution in [3.8, 4) is 10.6 Å². The molecule has 2 unspecified atom stereocenters. The molecule has 0 aliphatic carbocycles. The van der Waals surface area contributed by atoms with E-state index in [1.165, 1.54) is 11.6 Å². The molecule has 0 saturated carbocycles. The van der Waals surface area contributed by atoms with Crippen molar-refractivity contribution in [2.45, 2.75) is 31.4 Å². The molecule has 1 amide bonds. The standard InChI is InChI=1S/C20H20F3N5O2S/c1-28-18(16-3-2-11(24)4-5-30-16)14(8-25-28)26-19(29)15-9-31-20(27-15)17-12(22)6-10(21)7-13(17)23/h6-9,11,16H,2-5,24H2,1H3,(H,26,29). The number of amides is 1. The molecule has 3 aromatic rings. The zero-order valence-electron chi connectivity index (χ0n) is 16.6. The van der Waals surface area contributed by atoms with E-state index in [-0.39, 0.29) is 22.8 Å². The average molecular weight is 451 g/mol. The Morgan fingerprint density at radius 2 is 2.00 bits per heavy atom. The molecule has 11 heteroatoms. The van der Waals surface area contributed by atoms with Crippen LogP contribution in [0.2, 0.25) is 0 Å². The van der Waals surface area contributed by atoms with Crippen molar-refractivity contribution >= 4 is 22.9 Å². The second-order valence-electron chi connectivity index (χ2n) is 7.29. The van der Waals surface area contributed by atoms with E-state index in [1.807, 2.05) is 0 Å². The minimum atomic E-state index is -1.09. The number of halogens is 3. The van der Waals surface area contributed by atoms with Gasteiger partial charge in [-0.1, -0.05) is 0 Å². The predicted molar refractivity (Wildman–Crippen MR) is 109 cm³/mol. The Morgan fingerprint density at radius 3 is 2.74 bits per heavy atom. The molecule has 1 aromatic carbocycles. The fourth-order valence-corrected chi connectivity index (χ4v) is 4.37. The molecule has 4 rings (SSSR count). The summed E-state index contributed by atoms with van der Waals surface area (Å²) in [6, 6.07) is 1.21. The molecule has 2 atom stereocenters. The molecule has 7 nitrogen and oxygen atoms in total. The Morgan fingerprint density at radius 1 is 1.26 bits per heavy atom. The molecule has 1 aliphatic heterocycles. The first-order valence-corrected chi connectivity index (χ1v) is 10.5. The Balaban J connectivity index is 1.55. The molecular formula is C20H20F3N5O2S. The number of anilines is 1. The van der Waals surface area contributed by atoms with Gasteiger partial charge < -0.3 is 15.8 Å². The van der Waals surface area contributed by atoms with Crippen LogP contribution in [0.1, 0.15) is 41.5 Å². The Hall–Kier alpha value is -2.76. The van der Waals surface area contributed by atoms with Crippen molar-refractivity contribution in [2.75, 3.05) is 11.9 Å². The van der Waals surface area contributed by atoms with E-state index < -0.39 is 28.9 Å². The summed E-state index contributed by atoms with van der Waals surface area (Å²) in [4.78, 5) is 16.8. The first kappa shape index (κ1) is 21.5. The van der Waals surface area contributed by atoms with Gasteiger partial charge in [-0.15, -0.1) is 11.3 Å². The number of rotatable bonds is 4. The first-order valence-electron chi connectivity index (χ1n) is 9.64. The van der Waals surface area contributed by atoms with Crippen LogP contribution >= 0.6 is 11.3 Å². The third kappa shape index (κ3) is 4.48. The van der Waals surface area contributed by atoms with Crippen molar-refractivity contribution < 1.29 is 22.7 Å². The SMILES string of the molecule is Cn1ncc(NC(=O)c2csc(-c3c(F)cc(F)cc3F)n2)c1C1CCC(N)CCO1. The summed E-state index contributed by atoms with van der Waals surface area (Å²) < 4.78 is 48.7. The number of carbonyl (C=O) groups is 1. The molecule has 31 heavy (non-hydrogen) atoms. The highest BCUT2D eigenvalue weighted by Crippen LogP contribution is 2.33. The summed E-state index contributed by atoms with van der Waals surface area (Å²) in [5.74, 6) is -3.77. The maximum Gasteiger partial charge on any atom is 0.275 e. The smallest absolute Gasteiger partial charge is 0.275 e. The zero-order valence-corrected chi connectivity index (χ0v) is 17.4. The van der Waals surface area contributed by atoms with E-state index in [2.05, 4.69) is 15.4 Å². The molecule has 1 fully saturated rings. The number of aromatic nitrogens is 3. The highest BCUT2D eigenvalue weighted by molar-refractivity contribution is 7.13. The summed E-state index contributed by atoms with van der Waals surface area (Å²) in [5, 5.41) is 8.27. The third-order valence-corrected chi connectivity index (χ3v) is 5.96. The normalized spacial score (nSPS) is 19.3. The van der Waals surface area contributed by atoms with Crippen LogP contribution in [0.5, 0.6) is 0 Å². The number of hydrogen-bond acceptors (Lipinski definition) is 6. The minimum Gasteiger partial charge on any atom is -0.372 e. The zero-order chi connectivity index (χ0) is 22.1.